The van der Waals surface area contributed by atoms with Gasteiger partial charge >= 0.3 is 12.4 Å². The fraction of sp³-hybridized carbons (Fsp3) is 0.300. The number of benzene rings is 2. The summed E-state index contributed by atoms with van der Waals surface area (Å²) < 4.78 is 104. The van der Waals surface area contributed by atoms with Gasteiger partial charge in [-0.3, -0.25) is 0 Å². The lowest BCUT2D eigenvalue weighted by Crippen LogP contribution is -2.42. The molecule has 1 aliphatic rings. The highest BCUT2D eigenvalue weighted by molar-refractivity contribution is 5.56. The zero-order chi connectivity index (χ0) is 23.7. The minimum absolute atomic E-state index is 0.0107. The van der Waals surface area contributed by atoms with Crippen molar-refractivity contribution in [3.05, 3.63) is 58.9 Å². The minimum atomic E-state index is -4.96. The van der Waals surface area contributed by atoms with E-state index in [0.717, 1.165) is 24.3 Å². The number of nitriles is 2. The zero-order valence-corrected chi connectivity index (χ0v) is 15.8. The maximum absolute atomic E-state index is 13.9. The summed E-state index contributed by atoms with van der Waals surface area (Å²) in [6, 6.07) is 8.50. The molecule has 168 valence electrons. The Morgan fingerprint density at radius 2 is 1.75 bits per heavy atom. The van der Waals surface area contributed by atoms with Gasteiger partial charge in [-0.1, -0.05) is 0 Å². The van der Waals surface area contributed by atoms with Crippen LogP contribution < -0.4 is 9.64 Å². The quantitative estimate of drug-likeness (QED) is 0.617. The molecule has 0 N–H and O–H groups in total. The monoisotopic (exact) mass is 459 g/mol. The first-order valence-corrected chi connectivity index (χ1v) is 8.86. The van der Waals surface area contributed by atoms with Crippen molar-refractivity contribution in [1.82, 2.24) is 0 Å². The molecule has 0 aromatic heterocycles. The molecule has 32 heavy (non-hydrogen) atoms. The molecule has 2 aromatic carbocycles. The predicted octanol–water partition coefficient (Wildman–Crippen LogP) is 4.76. The second-order valence-corrected chi connectivity index (χ2v) is 6.71. The van der Waals surface area contributed by atoms with Gasteiger partial charge in [-0.25, -0.2) is 4.39 Å². The van der Waals surface area contributed by atoms with E-state index in [1.54, 1.807) is 6.07 Å². The lowest BCUT2D eigenvalue weighted by Gasteiger charge is -2.27. The highest BCUT2D eigenvalue weighted by Crippen LogP contribution is 2.39. The van der Waals surface area contributed by atoms with Crippen LogP contribution in [0.3, 0.4) is 0 Å². The zero-order valence-electron chi connectivity index (χ0n) is 15.8. The molecule has 1 aliphatic heterocycles. The van der Waals surface area contributed by atoms with Crippen molar-refractivity contribution in [1.29, 1.82) is 10.5 Å². The van der Waals surface area contributed by atoms with Crippen molar-refractivity contribution < 1.29 is 40.2 Å². The summed E-state index contributed by atoms with van der Waals surface area (Å²) in [5.74, 6) is -1.24. The first-order valence-electron chi connectivity index (χ1n) is 8.86. The van der Waals surface area contributed by atoms with Crippen LogP contribution in [-0.2, 0) is 10.9 Å². The van der Waals surface area contributed by atoms with E-state index in [4.69, 9.17) is 20.0 Å². The van der Waals surface area contributed by atoms with Crippen LogP contribution in [0.15, 0.2) is 36.4 Å². The van der Waals surface area contributed by atoms with Gasteiger partial charge in [-0.15, -0.1) is 0 Å². The third kappa shape index (κ3) is 4.86. The summed E-state index contributed by atoms with van der Waals surface area (Å²) in [4.78, 5) is 0.569. The number of nitrogens with zero attached hydrogens (tertiary/aromatic N) is 3. The Bertz CT molecular complexity index is 1090. The highest BCUT2D eigenvalue weighted by atomic mass is 19.4. The topological polar surface area (TPSA) is 69.3 Å². The maximum atomic E-state index is 13.9. The number of alkyl halides is 6. The molecule has 0 amide bonds. The van der Waals surface area contributed by atoms with Gasteiger partial charge in [0.1, 0.15) is 12.7 Å². The van der Waals surface area contributed by atoms with Crippen LogP contribution in [0.2, 0.25) is 0 Å². The predicted molar refractivity (Wildman–Crippen MR) is 94.8 cm³/mol. The summed E-state index contributed by atoms with van der Waals surface area (Å²) in [6.07, 6.45) is -13.7. The third-order valence-electron chi connectivity index (χ3n) is 4.53. The summed E-state index contributed by atoms with van der Waals surface area (Å²) in [6.45, 7) is -1.04. The first-order chi connectivity index (χ1) is 14.9. The average molecular weight is 459 g/mol. The van der Waals surface area contributed by atoms with Gasteiger partial charge in [0, 0.05) is 5.69 Å². The van der Waals surface area contributed by atoms with E-state index in [1.807, 2.05) is 0 Å². The largest absolute Gasteiger partial charge is 0.488 e. The average Bonchev–Trinajstić information content (AvgIpc) is 3.16. The Labute approximate surface area is 176 Å². The number of hydrogen-bond acceptors (Lipinski definition) is 5. The molecule has 3 rings (SSSR count). The maximum Gasteiger partial charge on any atom is 0.433 e. The fourth-order valence-corrected chi connectivity index (χ4v) is 3.11. The van der Waals surface area contributed by atoms with Gasteiger partial charge in [0.25, 0.3) is 0 Å². The summed E-state index contributed by atoms with van der Waals surface area (Å²) in [5, 5.41) is 17.6. The second-order valence-electron chi connectivity index (χ2n) is 6.71. The van der Waals surface area contributed by atoms with Gasteiger partial charge in [0.2, 0.25) is 6.23 Å². The van der Waals surface area contributed by atoms with Crippen LogP contribution in [0.25, 0.3) is 0 Å². The molecule has 2 atom stereocenters. The van der Waals surface area contributed by atoms with E-state index in [0.29, 0.717) is 11.0 Å². The number of halogens is 7. The summed E-state index contributed by atoms with van der Waals surface area (Å²) in [5.41, 5.74) is -2.55. The van der Waals surface area contributed by atoms with E-state index in [1.165, 1.54) is 12.1 Å². The van der Waals surface area contributed by atoms with Crippen LogP contribution in [0.4, 0.5) is 36.4 Å². The molecule has 0 radical (unpaired) electrons. The van der Waals surface area contributed by atoms with E-state index in [-0.39, 0.29) is 11.3 Å². The molecule has 5 nitrogen and oxygen atoms in total. The van der Waals surface area contributed by atoms with Crippen LogP contribution in [-0.4, -0.2) is 31.7 Å². The van der Waals surface area contributed by atoms with E-state index in [9.17, 15) is 30.7 Å². The molecule has 0 saturated carbocycles. The van der Waals surface area contributed by atoms with Crippen molar-refractivity contribution in [2.75, 3.05) is 18.1 Å². The highest BCUT2D eigenvalue weighted by Gasteiger charge is 2.51. The summed E-state index contributed by atoms with van der Waals surface area (Å²) >= 11 is 0. The lowest BCUT2D eigenvalue weighted by molar-refractivity contribution is -0.215. The second kappa shape index (κ2) is 8.55. The van der Waals surface area contributed by atoms with Crippen LogP contribution in [0, 0.1) is 28.5 Å². The standard InChI is InChI=1S/C20H12F7N3O2/c21-16-5-11(7-28)1-4-17(16)31-10-14-9-30(18(32-14)20(25,26)27)13-3-2-12(8-29)15(6-13)19(22,23)24/h1-6,14,18H,9-10H2/t14-,18+/m0/s1. The van der Waals surface area contributed by atoms with Crippen LogP contribution in [0.1, 0.15) is 16.7 Å². The van der Waals surface area contributed by atoms with Crippen molar-refractivity contribution in [3.8, 4) is 17.9 Å². The normalized spacial score (nSPS) is 18.8. The van der Waals surface area contributed by atoms with Crippen molar-refractivity contribution in [3.63, 3.8) is 0 Å². The lowest BCUT2D eigenvalue weighted by atomic mass is 10.1. The molecule has 1 saturated heterocycles. The Balaban J connectivity index is 1.84. The van der Waals surface area contributed by atoms with E-state index < -0.39 is 60.5 Å². The molecule has 0 bridgehead atoms. The minimum Gasteiger partial charge on any atom is -0.488 e. The van der Waals surface area contributed by atoms with Gasteiger partial charge in [0.15, 0.2) is 11.6 Å². The van der Waals surface area contributed by atoms with Crippen LogP contribution in [0.5, 0.6) is 5.75 Å². The first kappa shape index (κ1) is 23.2. The molecular weight excluding hydrogens is 447 g/mol. The summed E-state index contributed by atoms with van der Waals surface area (Å²) in [7, 11) is 0. The number of ether oxygens (including phenoxy) is 2. The van der Waals surface area contributed by atoms with Crippen molar-refractivity contribution in [2.45, 2.75) is 24.7 Å². The van der Waals surface area contributed by atoms with E-state index in [2.05, 4.69) is 0 Å². The molecule has 0 aliphatic carbocycles. The molecule has 2 aromatic rings. The van der Waals surface area contributed by atoms with E-state index >= 15 is 0 Å². The van der Waals surface area contributed by atoms with Gasteiger partial charge in [0.05, 0.1) is 35.4 Å². The molecule has 0 spiro atoms. The number of anilines is 1. The van der Waals surface area contributed by atoms with Crippen molar-refractivity contribution in [2.24, 2.45) is 0 Å². The Morgan fingerprint density at radius 3 is 2.31 bits per heavy atom. The molecule has 0 unspecified atom stereocenters. The van der Waals surface area contributed by atoms with Gasteiger partial charge in [-0.2, -0.15) is 36.9 Å². The Hall–Kier alpha value is -3.51. The molecule has 12 heteroatoms. The molecule has 1 fully saturated rings. The number of rotatable bonds is 4. The SMILES string of the molecule is N#Cc1ccc(OC[C@@H]2CN(c3ccc(C#N)c(C(F)(F)F)c3)[C@@H](C(F)(F)F)O2)c(F)c1. The Morgan fingerprint density at radius 1 is 1.03 bits per heavy atom. The molecule has 1 heterocycles. The van der Waals surface area contributed by atoms with Gasteiger partial charge in [-0.05, 0) is 36.4 Å². The Kier molecular flexibility index (Phi) is 6.19. The fourth-order valence-electron chi connectivity index (χ4n) is 3.11. The van der Waals surface area contributed by atoms with Crippen molar-refractivity contribution >= 4 is 5.69 Å². The van der Waals surface area contributed by atoms with Crippen LogP contribution >= 0.6 is 0 Å². The van der Waals surface area contributed by atoms with Gasteiger partial charge < -0.3 is 14.4 Å². The molecular formula is C20H12F7N3O2. The third-order valence-corrected chi connectivity index (χ3v) is 4.53. The smallest absolute Gasteiger partial charge is 0.433 e. The number of hydrogen-bond donors (Lipinski definition) is 0.